The first-order valence-electron chi connectivity index (χ1n) is 8.96. The minimum Gasteiger partial charge on any atom is -0.465 e. The molecule has 29 heavy (non-hydrogen) atoms. The first-order valence-corrected chi connectivity index (χ1v) is 8.96. The number of rotatable bonds is 3. The van der Waals surface area contributed by atoms with E-state index in [0.717, 1.165) is 5.56 Å². The van der Waals surface area contributed by atoms with Crippen LogP contribution in [0.15, 0.2) is 91.0 Å². The van der Waals surface area contributed by atoms with Crippen molar-refractivity contribution in [3.8, 4) is 0 Å². The summed E-state index contributed by atoms with van der Waals surface area (Å²) in [7, 11) is 1.41. The van der Waals surface area contributed by atoms with Gasteiger partial charge >= 0.3 is 12.1 Å². The van der Waals surface area contributed by atoms with Crippen molar-refractivity contribution in [3.05, 3.63) is 108 Å². The van der Waals surface area contributed by atoms with E-state index < -0.39 is 6.16 Å². The second-order valence-corrected chi connectivity index (χ2v) is 6.47. The molecule has 0 unspecified atom stereocenters. The Labute approximate surface area is 171 Å². The Bertz CT molecular complexity index is 843. The molecule has 0 aromatic heterocycles. The largest absolute Gasteiger partial charge is 0.503 e. The molecule has 152 valence electrons. The van der Waals surface area contributed by atoms with E-state index in [-0.39, 0.29) is 11.4 Å². The average Bonchev–Trinajstić information content (AvgIpc) is 2.75. The van der Waals surface area contributed by atoms with E-state index in [1.165, 1.54) is 12.7 Å². The summed E-state index contributed by atoms with van der Waals surface area (Å²) in [4.78, 5) is 20.4. The van der Waals surface area contributed by atoms with Gasteiger partial charge in [-0.25, -0.2) is 9.59 Å². The van der Waals surface area contributed by atoms with E-state index in [9.17, 15) is 4.79 Å². The minimum absolute atomic E-state index is 0.244. The lowest BCUT2D eigenvalue weighted by Gasteiger charge is -2.27. The molecule has 0 bridgehead atoms. The van der Waals surface area contributed by atoms with Gasteiger partial charge in [0.1, 0.15) is 0 Å². The molecule has 3 rings (SSSR count). The monoisotopic (exact) mass is 394 g/mol. The van der Waals surface area contributed by atoms with Gasteiger partial charge in [0.15, 0.2) is 0 Å². The number of carbonyl (C=O) groups excluding carboxylic acids is 1. The molecular weight excluding hydrogens is 368 g/mol. The second-order valence-electron chi connectivity index (χ2n) is 6.47. The number of hydrogen-bond donors (Lipinski definition) is 2. The summed E-state index contributed by atoms with van der Waals surface area (Å²) in [6, 6.07) is 29.8. The zero-order valence-corrected chi connectivity index (χ0v) is 16.8. The fourth-order valence-electron chi connectivity index (χ4n) is 2.71. The lowest BCUT2D eigenvalue weighted by Crippen LogP contribution is -2.22. The van der Waals surface area contributed by atoms with Gasteiger partial charge in [-0.05, 0) is 17.2 Å². The molecule has 0 aliphatic rings. The fourth-order valence-corrected chi connectivity index (χ4v) is 2.71. The van der Waals surface area contributed by atoms with Crippen LogP contribution in [0.5, 0.6) is 0 Å². The summed E-state index contributed by atoms with van der Waals surface area (Å²) in [6.07, 6.45) is -1.83. The molecule has 0 spiro atoms. The van der Waals surface area contributed by atoms with Crippen LogP contribution in [0, 0.1) is 0 Å². The van der Waals surface area contributed by atoms with Crippen LogP contribution in [-0.4, -0.2) is 29.4 Å². The highest BCUT2D eigenvalue weighted by atomic mass is 16.6. The van der Waals surface area contributed by atoms with Crippen LogP contribution in [0.3, 0.4) is 0 Å². The van der Waals surface area contributed by atoms with Crippen molar-refractivity contribution in [2.75, 3.05) is 7.11 Å². The molecule has 0 heterocycles. The highest BCUT2D eigenvalue weighted by molar-refractivity contribution is 5.91. The first kappa shape index (κ1) is 23.4. The molecule has 0 amide bonds. The molecule has 5 nitrogen and oxygen atoms in total. The Balaban J connectivity index is 0.000000345. The Morgan fingerprint density at radius 2 is 1.10 bits per heavy atom. The molecule has 0 fully saturated rings. The summed E-state index contributed by atoms with van der Waals surface area (Å²) in [5.41, 5.74) is 2.53. The van der Waals surface area contributed by atoms with Crippen molar-refractivity contribution in [1.29, 1.82) is 0 Å². The van der Waals surface area contributed by atoms with Crippen molar-refractivity contribution in [1.82, 2.24) is 0 Å². The van der Waals surface area contributed by atoms with E-state index in [1.807, 2.05) is 78.9 Å². The lowest BCUT2D eigenvalue weighted by molar-refractivity contribution is 0.0598. The third kappa shape index (κ3) is 7.89. The average molecular weight is 394 g/mol. The van der Waals surface area contributed by atoms with E-state index in [4.69, 9.17) is 19.7 Å². The zero-order valence-electron chi connectivity index (χ0n) is 16.8. The molecule has 0 aliphatic heterocycles. The van der Waals surface area contributed by atoms with Crippen LogP contribution in [-0.2, 0) is 10.2 Å². The van der Waals surface area contributed by atoms with Gasteiger partial charge in [0.2, 0.25) is 0 Å². The molecule has 0 aliphatic carbocycles. The Kier molecular flexibility index (Phi) is 9.68. The number of methoxy groups -OCH3 is 1. The summed E-state index contributed by atoms with van der Waals surface area (Å²) < 4.78 is 4.87. The number of carboxylic acid groups (broad SMARTS) is 2. The van der Waals surface area contributed by atoms with E-state index >= 15 is 0 Å². The van der Waals surface area contributed by atoms with Gasteiger partial charge < -0.3 is 14.9 Å². The van der Waals surface area contributed by atoms with Gasteiger partial charge in [-0.1, -0.05) is 98.8 Å². The standard InChI is InChI=1S/C17H18O2.C6H6.CH2O3/c1-17(2,13-9-5-4-6-10-13)15-12-8-7-11-14(15)16(18)19-3;1-2-4-6-5-3-1;2-1(3)4/h4-12H,1-3H3;1-6H;(H2,2,3,4). The fraction of sp³-hybridized carbons (Fsp3) is 0.167. The molecule has 0 radical (unpaired) electrons. The molecule has 5 heteroatoms. The third-order valence-electron chi connectivity index (χ3n) is 4.17. The predicted molar refractivity (Wildman–Crippen MR) is 113 cm³/mol. The van der Waals surface area contributed by atoms with Gasteiger partial charge in [0.05, 0.1) is 12.7 Å². The van der Waals surface area contributed by atoms with Crippen LogP contribution < -0.4 is 0 Å². The number of carbonyl (C=O) groups is 2. The van der Waals surface area contributed by atoms with Crippen LogP contribution in [0.25, 0.3) is 0 Å². The molecule has 3 aromatic rings. The van der Waals surface area contributed by atoms with E-state index in [0.29, 0.717) is 5.56 Å². The van der Waals surface area contributed by atoms with Crippen LogP contribution in [0.4, 0.5) is 4.79 Å². The van der Waals surface area contributed by atoms with Gasteiger partial charge in [-0.15, -0.1) is 0 Å². The number of hydrogen-bond acceptors (Lipinski definition) is 3. The summed E-state index contributed by atoms with van der Waals surface area (Å²) in [6.45, 7) is 4.23. The zero-order chi connectivity index (χ0) is 21.7. The molecule has 0 saturated carbocycles. The van der Waals surface area contributed by atoms with Gasteiger partial charge in [-0.3, -0.25) is 0 Å². The van der Waals surface area contributed by atoms with Crippen molar-refractivity contribution in [2.45, 2.75) is 19.3 Å². The predicted octanol–water partition coefficient (Wildman–Crippen LogP) is 5.71. The molecule has 0 saturated heterocycles. The third-order valence-corrected chi connectivity index (χ3v) is 4.17. The van der Waals surface area contributed by atoms with E-state index in [1.54, 1.807) is 0 Å². The van der Waals surface area contributed by atoms with Crippen LogP contribution >= 0.6 is 0 Å². The minimum atomic E-state index is -1.83. The Hall–Kier alpha value is -3.60. The van der Waals surface area contributed by atoms with Gasteiger partial charge in [0, 0.05) is 5.41 Å². The van der Waals surface area contributed by atoms with Crippen molar-refractivity contribution in [3.63, 3.8) is 0 Å². The van der Waals surface area contributed by atoms with Crippen LogP contribution in [0.2, 0.25) is 0 Å². The quantitative estimate of drug-likeness (QED) is 0.556. The van der Waals surface area contributed by atoms with Crippen molar-refractivity contribution in [2.24, 2.45) is 0 Å². The highest BCUT2D eigenvalue weighted by Crippen LogP contribution is 2.33. The Morgan fingerprint density at radius 3 is 1.55 bits per heavy atom. The molecule has 2 N–H and O–H groups in total. The molecule has 0 atom stereocenters. The maximum absolute atomic E-state index is 11.9. The van der Waals surface area contributed by atoms with Crippen molar-refractivity contribution < 1.29 is 24.5 Å². The number of benzene rings is 3. The lowest BCUT2D eigenvalue weighted by atomic mass is 9.76. The van der Waals surface area contributed by atoms with Crippen LogP contribution in [0.1, 0.15) is 35.3 Å². The molecule has 3 aromatic carbocycles. The second kappa shape index (κ2) is 12.0. The summed E-state index contributed by atoms with van der Waals surface area (Å²) >= 11 is 0. The normalized spacial score (nSPS) is 9.76. The maximum atomic E-state index is 11.9. The highest BCUT2D eigenvalue weighted by Gasteiger charge is 2.27. The number of esters is 1. The number of ether oxygens (including phenoxy) is 1. The molecular formula is C24H26O5. The first-order chi connectivity index (χ1) is 13.8. The summed E-state index contributed by atoms with van der Waals surface area (Å²) in [5.74, 6) is -0.292. The smallest absolute Gasteiger partial charge is 0.465 e. The maximum Gasteiger partial charge on any atom is 0.503 e. The topological polar surface area (TPSA) is 83.8 Å². The SMILES string of the molecule is COC(=O)c1ccccc1C(C)(C)c1ccccc1.O=C(O)O.c1ccccc1. The Morgan fingerprint density at radius 1 is 0.724 bits per heavy atom. The van der Waals surface area contributed by atoms with Gasteiger partial charge in [0.25, 0.3) is 0 Å². The van der Waals surface area contributed by atoms with Crippen molar-refractivity contribution >= 4 is 12.1 Å². The van der Waals surface area contributed by atoms with Gasteiger partial charge in [-0.2, -0.15) is 0 Å². The van der Waals surface area contributed by atoms with E-state index in [2.05, 4.69) is 26.0 Å². The summed E-state index contributed by atoms with van der Waals surface area (Å²) in [5, 5.41) is 13.9.